The zero-order valence-corrected chi connectivity index (χ0v) is 8.94. The predicted octanol–water partition coefficient (Wildman–Crippen LogP) is 1.93. The summed E-state index contributed by atoms with van der Waals surface area (Å²) in [5.74, 6) is -0.221. The lowest BCUT2D eigenvalue weighted by molar-refractivity contribution is -0.136. The fourth-order valence-electron chi connectivity index (χ4n) is 1.29. The zero-order chi connectivity index (χ0) is 11.5. The molecular weight excluding hydrogens is 230 g/mol. The Morgan fingerprint density at radius 2 is 2.06 bits per heavy atom. The van der Waals surface area contributed by atoms with Crippen molar-refractivity contribution in [3.63, 3.8) is 0 Å². The Morgan fingerprint density at radius 1 is 1.38 bits per heavy atom. The van der Waals surface area contributed by atoms with Gasteiger partial charge >= 0.3 is 5.97 Å². The molecule has 0 amide bonds. The van der Waals surface area contributed by atoms with E-state index in [2.05, 4.69) is 9.99 Å². The van der Waals surface area contributed by atoms with Gasteiger partial charge in [-0.1, -0.05) is 17.3 Å². The van der Waals surface area contributed by atoms with E-state index in [1.165, 1.54) is 12.1 Å². The molecule has 0 atom stereocenters. The highest BCUT2D eigenvalue weighted by molar-refractivity contribution is 6.38. The minimum Gasteiger partial charge on any atom is -0.508 e. The molecule has 1 heterocycles. The largest absolute Gasteiger partial charge is 0.508 e. The molecule has 0 radical (unpaired) electrons. The third kappa shape index (κ3) is 2.06. The summed E-state index contributed by atoms with van der Waals surface area (Å²) in [6.07, 6.45) is 1.62. The lowest BCUT2D eigenvalue weighted by Gasteiger charge is -1.97. The number of hydrogen-bond acceptors (Lipinski definition) is 4. The van der Waals surface area contributed by atoms with Gasteiger partial charge in [-0.05, 0) is 23.8 Å². The van der Waals surface area contributed by atoms with E-state index in [1.807, 2.05) is 0 Å². The highest BCUT2D eigenvalue weighted by atomic mass is 35.5. The topological polar surface area (TPSA) is 58.9 Å². The average Bonchev–Trinajstić information content (AvgIpc) is 2.63. The van der Waals surface area contributed by atoms with Crippen molar-refractivity contribution >= 4 is 29.4 Å². The van der Waals surface area contributed by atoms with Gasteiger partial charge in [-0.25, -0.2) is 4.79 Å². The van der Waals surface area contributed by atoms with Gasteiger partial charge in [0.2, 0.25) is 0 Å². The number of phenolic OH excluding ortho intramolecular Hbond substituents is 1. The van der Waals surface area contributed by atoms with Gasteiger partial charge in [0.15, 0.2) is 0 Å². The summed E-state index contributed by atoms with van der Waals surface area (Å²) in [5.41, 5.74) is 1.53. The maximum absolute atomic E-state index is 11.3. The second kappa shape index (κ2) is 4.37. The molecule has 1 N–H and O–H groups in total. The number of alkyl halides is 1. The van der Waals surface area contributed by atoms with Crippen LogP contribution in [0.2, 0.25) is 0 Å². The van der Waals surface area contributed by atoms with E-state index in [0.717, 1.165) is 5.56 Å². The number of carbonyl (C=O) groups excluding carboxylic acids is 1. The van der Waals surface area contributed by atoms with Gasteiger partial charge in [0.1, 0.15) is 11.5 Å². The summed E-state index contributed by atoms with van der Waals surface area (Å²) in [7, 11) is 0. The molecule has 1 aromatic rings. The molecular formula is C11H8ClNO3. The molecule has 0 bridgehead atoms. The Labute approximate surface area is 96.8 Å². The first-order valence-electron chi connectivity index (χ1n) is 4.56. The number of halogens is 1. The number of rotatable bonds is 2. The average molecular weight is 238 g/mol. The monoisotopic (exact) mass is 237 g/mol. The summed E-state index contributed by atoms with van der Waals surface area (Å²) >= 11 is 5.62. The number of phenols is 1. The second-order valence-electron chi connectivity index (χ2n) is 3.20. The molecule has 0 spiro atoms. The van der Waals surface area contributed by atoms with Gasteiger partial charge in [0.25, 0.3) is 0 Å². The predicted molar refractivity (Wildman–Crippen MR) is 60.3 cm³/mol. The molecule has 5 heteroatoms. The van der Waals surface area contributed by atoms with Crippen LogP contribution in [0.25, 0.3) is 6.08 Å². The van der Waals surface area contributed by atoms with Crippen molar-refractivity contribution in [3.8, 4) is 5.75 Å². The summed E-state index contributed by atoms with van der Waals surface area (Å²) in [6.45, 7) is 0. The fourth-order valence-corrected chi connectivity index (χ4v) is 1.48. The minimum absolute atomic E-state index is 0.121. The van der Waals surface area contributed by atoms with E-state index in [9.17, 15) is 4.79 Å². The maximum Gasteiger partial charge on any atom is 0.367 e. The Kier molecular flexibility index (Phi) is 2.92. The summed E-state index contributed by atoms with van der Waals surface area (Å²) in [6, 6.07) is 6.42. The maximum atomic E-state index is 11.3. The Morgan fingerprint density at radius 3 is 2.69 bits per heavy atom. The molecule has 4 nitrogen and oxygen atoms in total. The van der Waals surface area contributed by atoms with Crippen LogP contribution in [0.3, 0.4) is 0 Å². The van der Waals surface area contributed by atoms with Crippen LogP contribution in [0.5, 0.6) is 5.75 Å². The zero-order valence-electron chi connectivity index (χ0n) is 8.18. The highest BCUT2D eigenvalue weighted by Crippen LogP contribution is 2.18. The molecule has 0 unspecified atom stereocenters. The first kappa shape index (κ1) is 10.7. The second-order valence-corrected chi connectivity index (χ2v) is 3.47. The van der Waals surface area contributed by atoms with Crippen LogP contribution in [0.4, 0.5) is 0 Å². The van der Waals surface area contributed by atoms with E-state index in [4.69, 9.17) is 16.7 Å². The van der Waals surface area contributed by atoms with E-state index in [0.29, 0.717) is 11.3 Å². The molecule has 0 saturated carbocycles. The first-order valence-corrected chi connectivity index (χ1v) is 5.09. The highest BCUT2D eigenvalue weighted by Gasteiger charge is 2.24. The van der Waals surface area contributed by atoms with Gasteiger partial charge in [-0.15, -0.1) is 11.6 Å². The van der Waals surface area contributed by atoms with Gasteiger partial charge in [-0.3, -0.25) is 0 Å². The quantitative estimate of drug-likeness (QED) is 0.486. The van der Waals surface area contributed by atoms with Crippen molar-refractivity contribution in [2.75, 3.05) is 5.88 Å². The van der Waals surface area contributed by atoms with Crippen molar-refractivity contribution < 1.29 is 14.7 Å². The van der Waals surface area contributed by atoms with Crippen LogP contribution in [-0.4, -0.2) is 22.7 Å². The molecule has 16 heavy (non-hydrogen) atoms. The van der Waals surface area contributed by atoms with E-state index >= 15 is 0 Å². The van der Waals surface area contributed by atoms with Crippen LogP contribution in [0, 0.1) is 0 Å². The van der Waals surface area contributed by atoms with Crippen LogP contribution in [0.1, 0.15) is 5.56 Å². The van der Waals surface area contributed by atoms with E-state index < -0.39 is 5.97 Å². The lowest BCUT2D eigenvalue weighted by atomic mass is 10.1. The van der Waals surface area contributed by atoms with Crippen LogP contribution >= 0.6 is 11.6 Å². The molecule has 82 valence electrons. The molecule has 1 aliphatic heterocycles. The summed E-state index contributed by atoms with van der Waals surface area (Å²) in [5, 5.41) is 12.7. The smallest absolute Gasteiger partial charge is 0.367 e. The normalized spacial score (nSPS) is 17.4. The minimum atomic E-state index is -0.510. The van der Waals surface area contributed by atoms with Crippen LogP contribution in [0.15, 0.2) is 35.0 Å². The number of hydrogen-bond donors (Lipinski definition) is 1. The molecule has 0 saturated heterocycles. The Bertz CT molecular complexity index is 477. The standard InChI is InChI=1S/C11H8ClNO3/c12-6-10-9(11(15)16-13-10)5-7-1-3-8(14)4-2-7/h1-5,14H,6H2/b9-5-. The Hall–Kier alpha value is -1.81. The number of aromatic hydroxyl groups is 1. The van der Waals surface area contributed by atoms with Crippen molar-refractivity contribution in [3.05, 3.63) is 35.4 Å². The molecule has 1 aliphatic rings. The molecule has 2 rings (SSSR count). The van der Waals surface area contributed by atoms with Crippen molar-refractivity contribution in [2.24, 2.45) is 5.16 Å². The van der Waals surface area contributed by atoms with E-state index in [-0.39, 0.29) is 11.6 Å². The lowest BCUT2D eigenvalue weighted by Crippen LogP contribution is -2.06. The van der Waals surface area contributed by atoms with Crippen molar-refractivity contribution in [1.29, 1.82) is 0 Å². The number of benzene rings is 1. The summed E-state index contributed by atoms with van der Waals surface area (Å²) < 4.78 is 0. The van der Waals surface area contributed by atoms with Gasteiger partial charge in [0.05, 0.1) is 11.5 Å². The summed E-state index contributed by atoms with van der Waals surface area (Å²) in [4.78, 5) is 15.8. The first-order chi connectivity index (χ1) is 7.70. The van der Waals surface area contributed by atoms with Crippen LogP contribution < -0.4 is 0 Å². The van der Waals surface area contributed by atoms with Crippen molar-refractivity contribution in [1.82, 2.24) is 0 Å². The van der Waals surface area contributed by atoms with Crippen LogP contribution in [-0.2, 0) is 9.63 Å². The molecule has 1 aromatic carbocycles. The van der Waals surface area contributed by atoms with Gasteiger partial charge in [0, 0.05) is 0 Å². The third-order valence-electron chi connectivity index (χ3n) is 2.10. The Balaban J connectivity index is 2.33. The van der Waals surface area contributed by atoms with E-state index in [1.54, 1.807) is 18.2 Å². The number of carbonyl (C=O) groups is 1. The van der Waals surface area contributed by atoms with Gasteiger partial charge in [-0.2, -0.15) is 0 Å². The number of nitrogens with zero attached hydrogens (tertiary/aromatic N) is 1. The molecule has 0 aromatic heterocycles. The van der Waals surface area contributed by atoms with Gasteiger partial charge < -0.3 is 9.94 Å². The number of oxime groups is 1. The SMILES string of the molecule is O=C1ON=C(CCl)/C1=C/c1ccc(O)cc1. The fraction of sp³-hybridized carbons (Fsp3) is 0.0909. The third-order valence-corrected chi connectivity index (χ3v) is 2.35. The van der Waals surface area contributed by atoms with Crippen molar-refractivity contribution in [2.45, 2.75) is 0 Å². The molecule has 0 aliphatic carbocycles. The molecule has 0 fully saturated rings.